The third-order valence-corrected chi connectivity index (χ3v) is 5.37. The first-order chi connectivity index (χ1) is 15.7. The second-order valence-electron chi connectivity index (χ2n) is 7.37. The molecule has 3 heterocycles. The molecule has 0 saturated carbocycles. The first-order valence-corrected chi connectivity index (χ1v) is 10.3. The second kappa shape index (κ2) is 8.64. The minimum Gasteiger partial charge on any atom is -0.465 e. The molecule has 1 aliphatic rings. The number of ether oxygens (including phenoxy) is 2. The van der Waals surface area contributed by atoms with Crippen LogP contribution in [0.4, 0.5) is 17.2 Å². The summed E-state index contributed by atoms with van der Waals surface area (Å²) in [5, 5.41) is 10.4. The highest BCUT2D eigenvalue weighted by Gasteiger charge is 2.14. The minimum absolute atomic E-state index is 0.384. The number of anilines is 3. The van der Waals surface area contributed by atoms with E-state index in [9.17, 15) is 4.79 Å². The molecule has 9 nitrogen and oxygen atoms in total. The molecule has 5 rings (SSSR count). The number of methoxy groups -OCH3 is 1. The largest absolute Gasteiger partial charge is 0.465 e. The number of hydrogen-bond donors (Lipinski definition) is 2. The topological polar surface area (TPSA) is 105 Å². The maximum absolute atomic E-state index is 11.7. The van der Waals surface area contributed by atoms with Crippen LogP contribution in [-0.2, 0) is 9.47 Å². The molecule has 0 bridgehead atoms. The van der Waals surface area contributed by atoms with Crippen LogP contribution in [0.1, 0.15) is 10.4 Å². The van der Waals surface area contributed by atoms with Crippen molar-refractivity contribution >= 4 is 34.2 Å². The highest BCUT2D eigenvalue weighted by atomic mass is 16.5. The van der Waals surface area contributed by atoms with Crippen molar-refractivity contribution in [2.45, 2.75) is 0 Å². The summed E-state index contributed by atoms with van der Waals surface area (Å²) in [6.45, 7) is 3.29. The van der Waals surface area contributed by atoms with Crippen molar-refractivity contribution in [1.82, 2.24) is 20.2 Å². The Morgan fingerprint density at radius 2 is 1.81 bits per heavy atom. The van der Waals surface area contributed by atoms with E-state index in [2.05, 4.69) is 37.5 Å². The number of morpholine rings is 1. The van der Waals surface area contributed by atoms with E-state index >= 15 is 0 Å². The van der Waals surface area contributed by atoms with Gasteiger partial charge in [0.2, 0.25) is 0 Å². The van der Waals surface area contributed by atoms with E-state index in [1.807, 2.05) is 12.1 Å². The molecule has 0 atom stereocenters. The van der Waals surface area contributed by atoms with Gasteiger partial charge in [0, 0.05) is 30.0 Å². The van der Waals surface area contributed by atoms with Crippen molar-refractivity contribution in [3.8, 4) is 11.4 Å². The Morgan fingerprint density at radius 3 is 2.53 bits per heavy atom. The number of carbonyl (C=O) groups excluding carboxylic acids is 1. The Balaban J connectivity index is 1.42. The highest BCUT2D eigenvalue weighted by Crippen LogP contribution is 2.27. The lowest BCUT2D eigenvalue weighted by molar-refractivity contribution is 0.0600. The fourth-order valence-corrected chi connectivity index (χ4v) is 3.65. The predicted octanol–water partition coefficient (Wildman–Crippen LogP) is 3.39. The van der Waals surface area contributed by atoms with E-state index in [1.165, 1.54) is 12.8 Å². The summed E-state index contributed by atoms with van der Waals surface area (Å²) in [6, 6.07) is 15.2. The molecule has 0 radical (unpaired) electrons. The Hall–Kier alpha value is -3.98. The van der Waals surface area contributed by atoms with Gasteiger partial charge in [-0.2, -0.15) is 5.10 Å². The molecule has 9 heteroatoms. The molecule has 4 aromatic rings. The van der Waals surface area contributed by atoms with Crippen molar-refractivity contribution in [3.05, 3.63) is 60.3 Å². The molecular formula is C23H22N6O3. The van der Waals surface area contributed by atoms with Crippen molar-refractivity contribution in [2.24, 2.45) is 0 Å². The zero-order valence-corrected chi connectivity index (χ0v) is 17.5. The van der Waals surface area contributed by atoms with Crippen LogP contribution < -0.4 is 10.2 Å². The lowest BCUT2D eigenvalue weighted by Gasteiger charge is -2.28. The van der Waals surface area contributed by atoms with Gasteiger partial charge in [-0.3, -0.25) is 5.10 Å². The number of nitrogens with zero attached hydrogens (tertiary/aromatic N) is 4. The van der Waals surface area contributed by atoms with E-state index in [-0.39, 0.29) is 5.97 Å². The summed E-state index contributed by atoms with van der Waals surface area (Å²) >= 11 is 0. The molecule has 2 aromatic heterocycles. The SMILES string of the molecule is COC(=O)c1ccc(-c2nc(Nc3ccc(N4CCOCC4)cc3)c3[nH]ncc3n2)cc1. The van der Waals surface area contributed by atoms with Gasteiger partial charge in [-0.1, -0.05) is 12.1 Å². The van der Waals surface area contributed by atoms with Crippen molar-refractivity contribution in [1.29, 1.82) is 0 Å². The highest BCUT2D eigenvalue weighted by molar-refractivity contribution is 5.91. The normalized spacial score (nSPS) is 13.8. The zero-order chi connectivity index (χ0) is 21.9. The molecule has 0 aliphatic carbocycles. The van der Waals surface area contributed by atoms with Crippen LogP contribution in [0.2, 0.25) is 0 Å². The maximum Gasteiger partial charge on any atom is 0.337 e. The Labute approximate surface area is 184 Å². The number of fused-ring (bicyclic) bond motifs is 1. The van der Waals surface area contributed by atoms with Crippen LogP contribution in [0.3, 0.4) is 0 Å². The molecule has 2 aromatic carbocycles. The van der Waals surface area contributed by atoms with E-state index in [0.717, 1.165) is 43.1 Å². The number of benzene rings is 2. The van der Waals surface area contributed by atoms with Crippen LogP contribution in [0.25, 0.3) is 22.4 Å². The number of hydrogen-bond acceptors (Lipinski definition) is 8. The number of H-pyrrole nitrogens is 1. The Kier molecular flexibility index (Phi) is 5.39. The molecule has 162 valence electrons. The van der Waals surface area contributed by atoms with E-state index in [0.29, 0.717) is 22.7 Å². The van der Waals surface area contributed by atoms with Gasteiger partial charge in [-0.05, 0) is 36.4 Å². The summed E-state index contributed by atoms with van der Waals surface area (Å²) in [5.74, 6) is 0.770. The number of esters is 1. The van der Waals surface area contributed by atoms with Crippen LogP contribution in [0.15, 0.2) is 54.7 Å². The number of rotatable bonds is 5. The van der Waals surface area contributed by atoms with Gasteiger partial charge in [-0.25, -0.2) is 14.8 Å². The van der Waals surface area contributed by atoms with Gasteiger partial charge >= 0.3 is 5.97 Å². The van der Waals surface area contributed by atoms with Crippen molar-refractivity contribution in [3.63, 3.8) is 0 Å². The van der Waals surface area contributed by atoms with Crippen LogP contribution in [0.5, 0.6) is 0 Å². The monoisotopic (exact) mass is 430 g/mol. The van der Waals surface area contributed by atoms with Gasteiger partial charge in [0.05, 0.1) is 32.1 Å². The molecule has 2 N–H and O–H groups in total. The smallest absolute Gasteiger partial charge is 0.337 e. The lowest BCUT2D eigenvalue weighted by atomic mass is 10.1. The fourth-order valence-electron chi connectivity index (χ4n) is 3.65. The first-order valence-electron chi connectivity index (χ1n) is 10.3. The second-order valence-corrected chi connectivity index (χ2v) is 7.37. The fraction of sp³-hybridized carbons (Fsp3) is 0.217. The maximum atomic E-state index is 11.7. The molecule has 0 amide bonds. The summed E-state index contributed by atoms with van der Waals surface area (Å²) < 4.78 is 10.2. The summed E-state index contributed by atoms with van der Waals surface area (Å²) in [6.07, 6.45) is 1.66. The van der Waals surface area contributed by atoms with Gasteiger partial charge in [0.1, 0.15) is 11.0 Å². The number of aromatic nitrogens is 4. The lowest BCUT2D eigenvalue weighted by Crippen LogP contribution is -2.36. The van der Waals surface area contributed by atoms with Crippen molar-refractivity contribution in [2.75, 3.05) is 43.6 Å². The average Bonchev–Trinajstić information content (AvgIpc) is 3.34. The van der Waals surface area contributed by atoms with E-state index in [4.69, 9.17) is 14.5 Å². The number of aromatic amines is 1. The quantitative estimate of drug-likeness (QED) is 0.464. The summed E-state index contributed by atoms with van der Waals surface area (Å²) in [5.41, 5.74) is 4.74. The molecule has 1 saturated heterocycles. The van der Waals surface area contributed by atoms with E-state index < -0.39 is 0 Å². The number of carbonyl (C=O) groups is 1. The van der Waals surface area contributed by atoms with Gasteiger partial charge < -0.3 is 19.7 Å². The third kappa shape index (κ3) is 3.97. The summed E-state index contributed by atoms with van der Waals surface area (Å²) in [7, 11) is 1.36. The van der Waals surface area contributed by atoms with Crippen LogP contribution in [0, 0.1) is 0 Å². The standard InChI is InChI=1S/C23H22N6O3/c1-31-23(30)16-4-2-15(3-5-16)21-26-19-14-24-28-20(19)22(27-21)25-17-6-8-18(9-7-17)29-10-12-32-13-11-29/h2-9,14H,10-13H2,1H3,(H,24,28)(H,25,26,27). The molecular weight excluding hydrogens is 408 g/mol. The predicted molar refractivity (Wildman–Crippen MR) is 121 cm³/mol. The van der Waals surface area contributed by atoms with Gasteiger partial charge in [-0.15, -0.1) is 0 Å². The zero-order valence-electron chi connectivity index (χ0n) is 17.5. The third-order valence-electron chi connectivity index (χ3n) is 5.37. The van der Waals surface area contributed by atoms with Gasteiger partial charge in [0.15, 0.2) is 11.6 Å². The van der Waals surface area contributed by atoms with Crippen LogP contribution in [-0.4, -0.2) is 59.5 Å². The first kappa shape index (κ1) is 20.0. The molecule has 0 unspecified atom stereocenters. The molecule has 32 heavy (non-hydrogen) atoms. The molecule has 1 fully saturated rings. The van der Waals surface area contributed by atoms with E-state index in [1.54, 1.807) is 30.5 Å². The Bertz CT molecular complexity index is 1230. The molecule has 1 aliphatic heterocycles. The number of nitrogens with one attached hydrogen (secondary N) is 2. The van der Waals surface area contributed by atoms with Crippen molar-refractivity contribution < 1.29 is 14.3 Å². The average molecular weight is 430 g/mol. The van der Waals surface area contributed by atoms with Crippen LogP contribution >= 0.6 is 0 Å². The Morgan fingerprint density at radius 1 is 1.06 bits per heavy atom. The van der Waals surface area contributed by atoms with Gasteiger partial charge in [0.25, 0.3) is 0 Å². The molecule has 0 spiro atoms. The summed E-state index contributed by atoms with van der Waals surface area (Å²) in [4.78, 5) is 23.3. The minimum atomic E-state index is -0.384.